The molecule has 4 rings (SSSR count). The fraction of sp³-hybridized carbons (Fsp3) is 0.133. The summed E-state index contributed by atoms with van der Waals surface area (Å²) in [6.07, 6.45) is 0.841. The molecule has 3 aromatic rings. The maximum Gasteiger partial charge on any atom is 0.132 e. The molecule has 0 atom stereocenters. The Labute approximate surface area is 104 Å². The summed E-state index contributed by atoms with van der Waals surface area (Å²) in [5.41, 5.74) is 3.65. The van der Waals surface area contributed by atoms with Crippen molar-refractivity contribution in [1.82, 2.24) is 9.78 Å². The van der Waals surface area contributed by atoms with Crippen LogP contribution in [0.3, 0.4) is 0 Å². The molecule has 2 nitrogen and oxygen atoms in total. The largest absolute Gasteiger partial charge is 0.263 e. The molecular weight excluding hydrogens is 227 g/mol. The van der Waals surface area contributed by atoms with Gasteiger partial charge < -0.3 is 0 Å². The number of benzene rings is 2. The highest BCUT2D eigenvalue weighted by molar-refractivity contribution is 5.94. The van der Waals surface area contributed by atoms with Crippen LogP contribution in [0.15, 0.2) is 42.5 Å². The van der Waals surface area contributed by atoms with Crippen LogP contribution < -0.4 is 0 Å². The number of fused-ring (bicyclic) bond motifs is 5. The van der Waals surface area contributed by atoms with E-state index in [1.807, 2.05) is 35.0 Å². The Hall–Kier alpha value is -2.16. The third-order valence-electron chi connectivity index (χ3n) is 3.58. The summed E-state index contributed by atoms with van der Waals surface area (Å²) in [6.45, 7) is 0.820. The topological polar surface area (TPSA) is 17.8 Å². The molecule has 0 spiro atoms. The van der Waals surface area contributed by atoms with Gasteiger partial charge in [0.15, 0.2) is 0 Å². The van der Waals surface area contributed by atoms with Crippen LogP contribution in [0.25, 0.3) is 22.2 Å². The Bertz CT molecular complexity index is 758. The Balaban J connectivity index is 2.16. The summed E-state index contributed by atoms with van der Waals surface area (Å²) >= 11 is 0. The molecular formula is C15H11FN2. The average Bonchev–Trinajstić information content (AvgIpc) is 2.77. The van der Waals surface area contributed by atoms with E-state index in [1.165, 1.54) is 6.07 Å². The number of hydrogen-bond donors (Lipinski definition) is 0. The second-order valence-corrected chi connectivity index (χ2v) is 4.61. The van der Waals surface area contributed by atoms with Crippen LogP contribution in [0.1, 0.15) is 5.56 Å². The summed E-state index contributed by atoms with van der Waals surface area (Å²) in [6, 6.07) is 13.2. The van der Waals surface area contributed by atoms with Crippen LogP contribution in [0.4, 0.5) is 4.39 Å². The Morgan fingerprint density at radius 2 is 1.94 bits per heavy atom. The maximum atomic E-state index is 14.1. The van der Waals surface area contributed by atoms with E-state index < -0.39 is 0 Å². The van der Waals surface area contributed by atoms with Crippen molar-refractivity contribution in [1.29, 1.82) is 0 Å². The van der Waals surface area contributed by atoms with E-state index in [0.29, 0.717) is 0 Å². The van der Waals surface area contributed by atoms with Crippen molar-refractivity contribution < 1.29 is 4.39 Å². The Morgan fingerprint density at radius 3 is 2.89 bits per heavy atom. The fourth-order valence-electron chi connectivity index (χ4n) is 2.77. The third-order valence-corrected chi connectivity index (χ3v) is 3.58. The maximum absolute atomic E-state index is 14.1. The van der Waals surface area contributed by atoms with Crippen LogP contribution >= 0.6 is 0 Å². The number of aromatic nitrogens is 2. The second-order valence-electron chi connectivity index (χ2n) is 4.61. The molecule has 0 N–H and O–H groups in total. The van der Waals surface area contributed by atoms with Crippen LogP contribution in [0.2, 0.25) is 0 Å². The normalized spacial score (nSPS) is 13.4. The molecule has 2 heterocycles. The predicted octanol–water partition coefficient (Wildman–Crippen LogP) is 3.40. The first kappa shape index (κ1) is 9.83. The molecule has 88 valence electrons. The minimum Gasteiger partial charge on any atom is -0.263 e. The van der Waals surface area contributed by atoms with Gasteiger partial charge in [0.2, 0.25) is 0 Å². The first-order chi connectivity index (χ1) is 8.84. The number of nitrogens with zero attached hydrogens (tertiary/aromatic N) is 2. The molecule has 0 saturated carbocycles. The van der Waals surface area contributed by atoms with Gasteiger partial charge in [0.05, 0.1) is 11.2 Å². The van der Waals surface area contributed by atoms with E-state index in [2.05, 4.69) is 5.10 Å². The zero-order valence-corrected chi connectivity index (χ0v) is 9.73. The van der Waals surface area contributed by atoms with Gasteiger partial charge in [-0.1, -0.05) is 30.3 Å². The van der Waals surface area contributed by atoms with Crippen LogP contribution in [0.5, 0.6) is 0 Å². The zero-order chi connectivity index (χ0) is 12.1. The lowest BCUT2D eigenvalue weighted by Crippen LogP contribution is -2.12. The number of halogens is 1. The molecule has 1 aliphatic heterocycles. The first-order valence-electron chi connectivity index (χ1n) is 6.08. The van der Waals surface area contributed by atoms with Crippen molar-refractivity contribution in [3.8, 4) is 11.3 Å². The smallest absolute Gasteiger partial charge is 0.132 e. The van der Waals surface area contributed by atoms with Gasteiger partial charge in [-0.05, 0) is 24.1 Å². The fourth-order valence-corrected chi connectivity index (χ4v) is 2.77. The SMILES string of the molecule is Fc1cccc2c1-c1c3ccccc3nn1CC2. The number of rotatable bonds is 0. The van der Waals surface area contributed by atoms with E-state index in [1.54, 1.807) is 6.07 Å². The highest BCUT2D eigenvalue weighted by Crippen LogP contribution is 2.36. The van der Waals surface area contributed by atoms with Crippen molar-refractivity contribution in [2.24, 2.45) is 0 Å². The van der Waals surface area contributed by atoms with Gasteiger partial charge in [0, 0.05) is 17.5 Å². The van der Waals surface area contributed by atoms with Crippen LogP contribution in [0, 0.1) is 5.82 Å². The van der Waals surface area contributed by atoms with Crippen molar-refractivity contribution in [2.75, 3.05) is 0 Å². The monoisotopic (exact) mass is 238 g/mol. The minimum atomic E-state index is -0.154. The van der Waals surface area contributed by atoms with Crippen LogP contribution in [-0.4, -0.2) is 9.78 Å². The first-order valence-corrected chi connectivity index (χ1v) is 6.08. The van der Waals surface area contributed by atoms with Gasteiger partial charge in [0.25, 0.3) is 0 Å². The van der Waals surface area contributed by atoms with E-state index >= 15 is 0 Å². The van der Waals surface area contributed by atoms with Crippen LogP contribution in [-0.2, 0) is 13.0 Å². The second kappa shape index (κ2) is 3.42. The highest BCUT2D eigenvalue weighted by Gasteiger charge is 2.22. The molecule has 3 heteroatoms. The summed E-state index contributed by atoms with van der Waals surface area (Å²) in [5.74, 6) is -0.154. The molecule has 0 radical (unpaired) electrons. The zero-order valence-electron chi connectivity index (χ0n) is 9.73. The average molecular weight is 238 g/mol. The molecule has 18 heavy (non-hydrogen) atoms. The number of aryl methyl sites for hydroxylation is 2. The minimum absolute atomic E-state index is 0.154. The van der Waals surface area contributed by atoms with Gasteiger partial charge >= 0.3 is 0 Å². The summed E-state index contributed by atoms with van der Waals surface area (Å²) in [5, 5.41) is 5.57. The van der Waals surface area contributed by atoms with E-state index in [0.717, 1.165) is 40.7 Å². The summed E-state index contributed by atoms with van der Waals surface area (Å²) < 4.78 is 16.0. The van der Waals surface area contributed by atoms with Gasteiger partial charge in [0.1, 0.15) is 5.82 Å². The predicted molar refractivity (Wildman–Crippen MR) is 68.8 cm³/mol. The van der Waals surface area contributed by atoms with Gasteiger partial charge in [-0.25, -0.2) is 4.39 Å². The van der Waals surface area contributed by atoms with Gasteiger partial charge in [-0.15, -0.1) is 0 Å². The van der Waals surface area contributed by atoms with Crippen molar-refractivity contribution in [3.05, 3.63) is 53.8 Å². The van der Waals surface area contributed by atoms with E-state index in [4.69, 9.17) is 0 Å². The molecule has 1 aromatic heterocycles. The lowest BCUT2D eigenvalue weighted by molar-refractivity contribution is 0.587. The molecule has 0 saturated heterocycles. The summed E-state index contributed by atoms with van der Waals surface area (Å²) in [7, 11) is 0. The molecule has 0 amide bonds. The lowest BCUT2D eigenvalue weighted by Gasteiger charge is -2.18. The molecule has 0 fully saturated rings. The van der Waals surface area contributed by atoms with E-state index in [-0.39, 0.29) is 5.82 Å². The molecule has 0 bridgehead atoms. The molecule has 0 aliphatic carbocycles. The molecule has 1 aliphatic rings. The number of hydrogen-bond acceptors (Lipinski definition) is 1. The van der Waals surface area contributed by atoms with Crippen molar-refractivity contribution >= 4 is 10.9 Å². The quantitative estimate of drug-likeness (QED) is 0.587. The molecule has 2 aromatic carbocycles. The van der Waals surface area contributed by atoms with Gasteiger partial charge in [-0.2, -0.15) is 5.10 Å². The van der Waals surface area contributed by atoms with Gasteiger partial charge in [-0.3, -0.25) is 4.68 Å². The van der Waals surface area contributed by atoms with Crippen molar-refractivity contribution in [2.45, 2.75) is 13.0 Å². The molecule has 0 unspecified atom stereocenters. The van der Waals surface area contributed by atoms with Crippen molar-refractivity contribution in [3.63, 3.8) is 0 Å². The summed E-state index contributed by atoms with van der Waals surface area (Å²) in [4.78, 5) is 0. The third kappa shape index (κ3) is 1.19. The Kier molecular flexibility index (Phi) is 1.87. The highest BCUT2D eigenvalue weighted by atomic mass is 19.1. The standard InChI is InChI=1S/C15H11FN2/c16-12-6-3-4-10-8-9-18-15(14(10)12)11-5-1-2-7-13(11)17-18/h1-7H,8-9H2. The Morgan fingerprint density at radius 1 is 1.06 bits per heavy atom. The lowest BCUT2D eigenvalue weighted by atomic mass is 9.96. The van der Waals surface area contributed by atoms with E-state index in [9.17, 15) is 4.39 Å².